The number of aliphatic hydroxyl groups is 1. The number of hydrogen-bond donors (Lipinski definition) is 2. The van der Waals surface area contributed by atoms with Crippen molar-refractivity contribution >= 4 is 5.97 Å². The molecule has 2 unspecified atom stereocenters. The summed E-state index contributed by atoms with van der Waals surface area (Å²) in [5.41, 5.74) is 1.03. The van der Waals surface area contributed by atoms with Gasteiger partial charge in [0, 0.05) is 22.4 Å². The largest absolute Gasteiger partial charge is 0.481 e. The summed E-state index contributed by atoms with van der Waals surface area (Å²) in [4.78, 5) is 11.5. The second-order valence-electron chi connectivity index (χ2n) is 4.78. The molecular formula is C16H14AgO5. The maximum Gasteiger partial charge on any atom is 0.314 e. The van der Waals surface area contributed by atoms with Crippen LogP contribution in [0.1, 0.15) is 23.1 Å². The van der Waals surface area contributed by atoms with Crippen LogP contribution in [0, 0.1) is 0 Å². The van der Waals surface area contributed by atoms with E-state index in [4.69, 9.17) is 9.47 Å². The van der Waals surface area contributed by atoms with E-state index in [2.05, 4.69) is 0 Å². The van der Waals surface area contributed by atoms with Crippen LogP contribution in [0.2, 0.25) is 0 Å². The standard InChI is InChI=1S/C16H14O5.Ag/c17-15(11-6-7-12-13(8-11)21-9-20-12)14(16(18)19)10-4-2-1-3-5-10;/h1-8,14-15,17H,9H2,(H,18,19);. The Morgan fingerprint density at radius 2 is 1.68 bits per heavy atom. The van der Waals surface area contributed by atoms with E-state index in [0.29, 0.717) is 22.6 Å². The zero-order valence-corrected chi connectivity index (χ0v) is 12.9. The molecular weight excluding hydrogens is 380 g/mol. The normalized spacial score (nSPS) is 14.8. The first kappa shape index (κ1) is 16.6. The molecule has 0 aliphatic carbocycles. The van der Waals surface area contributed by atoms with Crippen molar-refractivity contribution in [3.05, 3.63) is 59.7 Å². The molecule has 1 heterocycles. The quantitative estimate of drug-likeness (QED) is 0.779. The van der Waals surface area contributed by atoms with Gasteiger partial charge < -0.3 is 19.7 Å². The molecule has 0 spiro atoms. The van der Waals surface area contributed by atoms with Crippen molar-refractivity contribution in [2.45, 2.75) is 12.0 Å². The average Bonchev–Trinajstić information content (AvgIpc) is 2.95. The fourth-order valence-corrected chi connectivity index (χ4v) is 2.41. The molecule has 22 heavy (non-hydrogen) atoms. The summed E-state index contributed by atoms with van der Waals surface area (Å²) in [6, 6.07) is 13.6. The Labute approximate surface area is 143 Å². The molecule has 1 aliphatic heterocycles. The topological polar surface area (TPSA) is 76.0 Å². The van der Waals surface area contributed by atoms with E-state index in [-0.39, 0.29) is 29.2 Å². The Morgan fingerprint density at radius 1 is 1.00 bits per heavy atom. The summed E-state index contributed by atoms with van der Waals surface area (Å²) < 4.78 is 10.5. The summed E-state index contributed by atoms with van der Waals surface area (Å²) in [6.45, 7) is 0.135. The van der Waals surface area contributed by atoms with Crippen molar-refractivity contribution in [3.63, 3.8) is 0 Å². The smallest absolute Gasteiger partial charge is 0.314 e. The van der Waals surface area contributed by atoms with Crippen LogP contribution in [0.5, 0.6) is 11.5 Å². The molecule has 2 aromatic carbocycles. The molecule has 0 amide bonds. The van der Waals surface area contributed by atoms with Crippen LogP contribution in [0.15, 0.2) is 48.5 Å². The van der Waals surface area contributed by atoms with E-state index in [9.17, 15) is 15.0 Å². The molecule has 0 saturated heterocycles. The molecule has 0 fully saturated rings. The van der Waals surface area contributed by atoms with Gasteiger partial charge in [0.25, 0.3) is 0 Å². The summed E-state index contributed by atoms with van der Waals surface area (Å²) in [5.74, 6) is -1.00. The monoisotopic (exact) mass is 393 g/mol. The van der Waals surface area contributed by atoms with Gasteiger partial charge in [0.15, 0.2) is 11.5 Å². The van der Waals surface area contributed by atoms with Crippen LogP contribution in [0.25, 0.3) is 0 Å². The number of carboxylic acid groups (broad SMARTS) is 1. The fourth-order valence-electron chi connectivity index (χ4n) is 2.41. The number of carbonyl (C=O) groups is 1. The number of ether oxygens (including phenoxy) is 2. The molecule has 1 radical (unpaired) electrons. The molecule has 5 nitrogen and oxygen atoms in total. The van der Waals surface area contributed by atoms with Gasteiger partial charge in [0.1, 0.15) is 5.92 Å². The van der Waals surface area contributed by atoms with Gasteiger partial charge >= 0.3 is 5.97 Å². The molecule has 2 N–H and O–H groups in total. The third-order valence-electron chi connectivity index (χ3n) is 3.48. The molecule has 2 atom stereocenters. The van der Waals surface area contributed by atoms with Crippen LogP contribution in [-0.2, 0) is 27.2 Å². The number of carboxylic acids is 1. The zero-order chi connectivity index (χ0) is 14.8. The third kappa shape index (κ3) is 3.18. The summed E-state index contributed by atoms with van der Waals surface area (Å²) in [7, 11) is 0. The third-order valence-corrected chi connectivity index (χ3v) is 3.48. The molecule has 1 aliphatic rings. The van der Waals surface area contributed by atoms with E-state index in [1.54, 1.807) is 48.5 Å². The number of aliphatic hydroxyl groups excluding tert-OH is 1. The molecule has 6 heteroatoms. The van der Waals surface area contributed by atoms with Crippen molar-refractivity contribution in [1.82, 2.24) is 0 Å². The first-order valence-electron chi connectivity index (χ1n) is 6.52. The first-order chi connectivity index (χ1) is 10.2. The van der Waals surface area contributed by atoms with Crippen molar-refractivity contribution in [2.24, 2.45) is 0 Å². The van der Waals surface area contributed by atoms with Gasteiger partial charge in [-0.3, -0.25) is 4.79 Å². The number of hydrogen-bond acceptors (Lipinski definition) is 4. The number of rotatable bonds is 4. The van der Waals surface area contributed by atoms with Crippen molar-refractivity contribution < 1.29 is 46.9 Å². The van der Waals surface area contributed by atoms with Crippen LogP contribution in [0.3, 0.4) is 0 Å². The molecule has 0 bridgehead atoms. The zero-order valence-electron chi connectivity index (χ0n) is 11.4. The Balaban J connectivity index is 0.00000176. The fraction of sp³-hybridized carbons (Fsp3) is 0.188. The van der Waals surface area contributed by atoms with Crippen LogP contribution < -0.4 is 9.47 Å². The molecule has 3 rings (SSSR count). The van der Waals surface area contributed by atoms with Crippen LogP contribution >= 0.6 is 0 Å². The Morgan fingerprint density at radius 3 is 2.36 bits per heavy atom. The molecule has 0 saturated carbocycles. The molecule has 2 aromatic rings. The van der Waals surface area contributed by atoms with Gasteiger partial charge in [0.2, 0.25) is 6.79 Å². The van der Waals surface area contributed by atoms with Gasteiger partial charge in [0.05, 0.1) is 6.10 Å². The second kappa shape index (κ2) is 6.98. The minimum absolute atomic E-state index is 0. The number of fused-ring (bicyclic) bond motifs is 1. The summed E-state index contributed by atoms with van der Waals surface area (Å²) >= 11 is 0. The Kier molecular flexibility index (Phi) is 5.26. The maximum absolute atomic E-state index is 11.5. The number of benzene rings is 2. The van der Waals surface area contributed by atoms with Crippen LogP contribution in [-0.4, -0.2) is 23.0 Å². The van der Waals surface area contributed by atoms with Crippen LogP contribution in [0.4, 0.5) is 0 Å². The predicted octanol–water partition coefficient (Wildman–Crippen LogP) is 2.31. The van der Waals surface area contributed by atoms with Gasteiger partial charge in [-0.25, -0.2) is 0 Å². The summed E-state index contributed by atoms with van der Waals surface area (Å²) in [6.07, 6.45) is -1.17. The SMILES string of the molecule is O=C(O)C(c1ccccc1)C(O)c1ccc2c(c1)OCO2.[Ag]. The van der Waals surface area contributed by atoms with E-state index < -0.39 is 18.0 Å². The van der Waals surface area contributed by atoms with Gasteiger partial charge in [-0.15, -0.1) is 0 Å². The predicted molar refractivity (Wildman–Crippen MR) is 74.3 cm³/mol. The Hall–Kier alpha value is -1.79. The van der Waals surface area contributed by atoms with Crippen molar-refractivity contribution in [3.8, 4) is 11.5 Å². The van der Waals surface area contributed by atoms with E-state index in [0.717, 1.165) is 0 Å². The summed E-state index contributed by atoms with van der Waals surface area (Å²) in [5, 5.41) is 19.9. The van der Waals surface area contributed by atoms with Gasteiger partial charge in [-0.1, -0.05) is 36.4 Å². The molecule has 0 aromatic heterocycles. The van der Waals surface area contributed by atoms with E-state index >= 15 is 0 Å². The molecule has 119 valence electrons. The average molecular weight is 394 g/mol. The van der Waals surface area contributed by atoms with Crippen molar-refractivity contribution in [1.29, 1.82) is 0 Å². The second-order valence-corrected chi connectivity index (χ2v) is 4.78. The number of aliphatic carboxylic acids is 1. The van der Waals surface area contributed by atoms with Gasteiger partial charge in [-0.05, 0) is 23.3 Å². The van der Waals surface area contributed by atoms with E-state index in [1.165, 1.54) is 0 Å². The van der Waals surface area contributed by atoms with E-state index in [1.807, 2.05) is 0 Å². The maximum atomic E-state index is 11.5. The van der Waals surface area contributed by atoms with Crippen molar-refractivity contribution in [2.75, 3.05) is 6.79 Å². The van der Waals surface area contributed by atoms with Gasteiger partial charge in [-0.2, -0.15) is 0 Å². The minimum atomic E-state index is -1.17. The first-order valence-corrected chi connectivity index (χ1v) is 6.52. The minimum Gasteiger partial charge on any atom is -0.481 e. The Bertz CT molecular complexity index is 659.